The largest absolute Gasteiger partial charge is 0.361 e. The molecule has 0 saturated carbocycles. The van der Waals surface area contributed by atoms with Gasteiger partial charge in [0, 0.05) is 22.7 Å². The molecular weight excluding hydrogens is 232 g/mol. The maximum absolute atomic E-state index is 12.1. The Morgan fingerprint density at radius 3 is 3.06 bits per heavy atom. The second-order valence-electron chi connectivity index (χ2n) is 3.85. The van der Waals surface area contributed by atoms with Crippen LogP contribution in [0, 0.1) is 6.92 Å². The first kappa shape index (κ1) is 10.5. The molecule has 0 saturated heterocycles. The molecule has 3 rings (SSSR count). The van der Waals surface area contributed by atoms with Crippen molar-refractivity contribution in [3.63, 3.8) is 0 Å². The van der Waals surface area contributed by atoms with Crippen molar-refractivity contribution < 1.29 is 9.32 Å². The SMILES string of the molecule is Cc1noc(NC(=O)c2cccc3[nH]ccc23)n1. The van der Waals surface area contributed by atoms with Crippen LogP contribution >= 0.6 is 0 Å². The molecule has 0 unspecified atom stereocenters. The standard InChI is InChI=1S/C12H10N4O2/c1-7-14-12(18-16-7)15-11(17)9-3-2-4-10-8(9)5-6-13-10/h2-6,13H,1H3,(H,14,15,16,17). The third kappa shape index (κ3) is 1.73. The number of benzene rings is 1. The molecule has 18 heavy (non-hydrogen) atoms. The van der Waals surface area contributed by atoms with E-state index in [2.05, 4.69) is 20.4 Å². The molecule has 0 radical (unpaired) electrons. The van der Waals surface area contributed by atoms with E-state index in [9.17, 15) is 4.79 Å². The Morgan fingerprint density at radius 2 is 2.28 bits per heavy atom. The van der Waals surface area contributed by atoms with Crippen LogP contribution in [0.25, 0.3) is 10.9 Å². The first-order chi connectivity index (χ1) is 8.74. The van der Waals surface area contributed by atoms with Crippen molar-refractivity contribution in [2.45, 2.75) is 6.92 Å². The number of hydrogen-bond acceptors (Lipinski definition) is 4. The number of aryl methyl sites for hydroxylation is 1. The number of fused-ring (bicyclic) bond motifs is 1. The summed E-state index contributed by atoms with van der Waals surface area (Å²) in [6.45, 7) is 1.69. The van der Waals surface area contributed by atoms with Gasteiger partial charge in [-0.3, -0.25) is 10.1 Å². The summed E-state index contributed by atoms with van der Waals surface area (Å²) in [4.78, 5) is 19.1. The molecule has 0 atom stereocenters. The highest BCUT2D eigenvalue weighted by atomic mass is 16.5. The smallest absolute Gasteiger partial charge is 0.328 e. The van der Waals surface area contributed by atoms with Crippen molar-refractivity contribution in [2.24, 2.45) is 0 Å². The van der Waals surface area contributed by atoms with Gasteiger partial charge in [0.15, 0.2) is 5.82 Å². The van der Waals surface area contributed by atoms with Gasteiger partial charge < -0.3 is 9.51 Å². The Hall–Kier alpha value is -2.63. The number of nitrogens with zero attached hydrogens (tertiary/aromatic N) is 2. The number of carbonyl (C=O) groups excluding carboxylic acids is 1. The van der Waals surface area contributed by atoms with Crippen LogP contribution in [-0.4, -0.2) is 21.0 Å². The predicted molar refractivity (Wildman–Crippen MR) is 65.3 cm³/mol. The highest BCUT2D eigenvalue weighted by Gasteiger charge is 2.13. The van der Waals surface area contributed by atoms with Crippen LogP contribution < -0.4 is 5.32 Å². The summed E-state index contributed by atoms with van der Waals surface area (Å²) >= 11 is 0. The lowest BCUT2D eigenvalue weighted by atomic mass is 10.1. The summed E-state index contributed by atoms with van der Waals surface area (Å²) in [7, 11) is 0. The molecule has 2 aromatic heterocycles. The zero-order valence-corrected chi connectivity index (χ0v) is 9.60. The lowest BCUT2D eigenvalue weighted by molar-refractivity contribution is 0.102. The number of rotatable bonds is 2. The number of aromatic amines is 1. The van der Waals surface area contributed by atoms with Crippen LogP contribution in [0.4, 0.5) is 6.01 Å². The molecule has 0 aliphatic carbocycles. The molecule has 1 aromatic carbocycles. The molecule has 6 nitrogen and oxygen atoms in total. The van der Waals surface area contributed by atoms with Crippen molar-refractivity contribution >= 4 is 22.8 Å². The Bertz CT molecular complexity index is 714. The van der Waals surface area contributed by atoms with E-state index in [0.29, 0.717) is 11.4 Å². The Labute approximate surface area is 102 Å². The van der Waals surface area contributed by atoms with E-state index in [-0.39, 0.29) is 11.9 Å². The first-order valence-corrected chi connectivity index (χ1v) is 5.42. The van der Waals surface area contributed by atoms with E-state index in [1.807, 2.05) is 18.2 Å². The van der Waals surface area contributed by atoms with Gasteiger partial charge in [0.1, 0.15) is 0 Å². The first-order valence-electron chi connectivity index (χ1n) is 5.42. The molecule has 3 aromatic rings. The average molecular weight is 242 g/mol. The van der Waals surface area contributed by atoms with Crippen LogP contribution in [0.1, 0.15) is 16.2 Å². The van der Waals surface area contributed by atoms with Crippen LogP contribution in [0.3, 0.4) is 0 Å². The molecule has 90 valence electrons. The lowest BCUT2D eigenvalue weighted by Crippen LogP contribution is -2.12. The molecule has 0 spiro atoms. The predicted octanol–water partition coefficient (Wildman–Crippen LogP) is 2.11. The van der Waals surface area contributed by atoms with Crippen molar-refractivity contribution in [1.29, 1.82) is 0 Å². The molecule has 0 bridgehead atoms. The molecule has 0 aliphatic rings. The summed E-state index contributed by atoms with van der Waals surface area (Å²) in [5.41, 5.74) is 1.47. The molecule has 2 heterocycles. The molecule has 0 aliphatic heterocycles. The number of hydrogen-bond donors (Lipinski definition) is 2. The monoisotopic (exact) mass is 242 g/mol. The van der Waals surface area contributed by atoms with Gasteiger partial charge in [0.25, 0.3) is 5.91 Å². The van der Waals surface area contributed by atoms with Gasteiger partial charge in [-0.2, -0.15) is 4.98 Å². The van der Waals surface area contributed by atoms with Crippen molar-refractivity contribution in [3.05, 3.63) is 41.9 Å². The van der Waals surface area contributed by atoms with Crippen LogP contribution in [0.5, 0.6) is 0 Å². The zero-order chi connectivity index (χ0) is 12.5. The number of nitrogens with one attached hydrogen (secondary N) is 2. The van der Waals surface area contributed by atoms with Crippen molar-refractivity contribution in [1.82, 2.24) is 15.1 Å². The number of amides is 1. The van der Waals surface area contributed by atoms with Gasteiger partial charge in [0.05, 0.1) is 0 Å². The Morgan fingerprint density at radius 1 is 1.39 bits per heavy atom. The third-order valence-electron chi connectivity index (χ3n) is 2.59. The summed E-state index contributed by atoms with van der Waals surface area (Å²) < 4.78 is 4.85. The lowest BCUT2D eigenvalue weighted by Gasteiger charge is -2.01. The minimum atomic E-state index is -0.274. The Kier molecular flexibility index (Phi) is 2.33. The van der Waals surface area contributed by atoms with Gasteiger partial charge in [-0.1, -0.05) is 11.2 Å². The minimum Gasteiger partial charge on any atom is -0.361 e. The second kappa shape index (κ2) is 3.99. The fourth-order valence-corrected chi connectivity index (χ4v) is 1.80. The van der Waals surface area contributed by atoms with Gasteiger partial charge in [0.2, 0.25) is 0 Å². The molecular formula is C12H10N4O2. The van der Waals surface area contributed by atoms with E-state index in [4.69, 9.17) is 4.52 Å². The third-order valence-corrected chi connectivity index (χ3v) is 2.59. The molecule has 2 N–H and O–H groups in total. The topological polar surface area (TPSA) is 83.8 Å². The number of aromatic nitrogens is 3. The summed E-state index contributed by atoms with van der Waals surface area (Å²) in [6, 6.07) is 7.42. The van der Waals surface area contributed by atoms with E-state index >= 15 is 0 Å². The summed E-state index contributed by atoms with van der Waals surface area (Å²) in [5.74, 6) is 0.203. The zero-order valence-electron chi connectivity index (χ0n) is 9.60. The maximum atomic E-state index is 12.1. The second-order valence-corrected chi connectivity index (χ2v) is 3.85. The number of carbonyl (C=O) groups is 1. The highest BCUT2D eigenvalue weighted by Crippen LogP contribution is 2.18. The Balaban J connectivity index is 1.94. The minimum absolute atomic E-state index is 0.102. The quantitative estimate of drug-likeness (QED) is 0.720. The summed E-state index contributed by atoms with van der Waals surface area (Å²) in [6.07, 6.45) is 1.79. The fraction of sp³-hybridized carbons (Fsp3) is 0.0833. The number of H-pyrrole nitrogens is 1. The molecule has 0 fully saturated rings. The van der Waals surface area contributed by atoms with E-state index in [1.54, 1.807) is 19.2 Å². The van der Waals surface area contributed by atoms with Crippen molar-refractivity contribution in [2.75, 3.05) is 5.32 Å². The van der Waals surface area contributed by atoms with Crippen LogP contribution in [0.2, 0.25) is 0 Å². The summed E-state index contributed by atoms with van der Waals surface area (Å²) in [5, 5.41) is 7.03. The van der Waals surface area contributed by atoms with E-state index in [0.717, 1.165) is 10.9 Å². The van der Waals surface area contributed by atoms with Crippen molar-refractivity contribution in [3.8, 4) is 0 Å². The number of anilines is 1. The van der Waals surface area contributed by atoms with Gasteiger partial charge in [-0.05, 0) is 25.1 Å². The van der Waals surface area contributed by atoms with Crippen LogP contribution in [-0.2, 0) is 0 Å². The highest BCUT2D eigenvalue weighted by molar-refractivity contribution is 6.11. The normalized spacial score (nSPS) is 10.7. The van der Waals surface area contributed by atoms with Crippen LogP contribution in [0.15, 0.2) is 35.0 Å². The van der Waals surface area contributed by atoms with E-state index in [1.165, 1.54) is 0 Å². The molecule has 1 amide bonds. The van der Waals surface area contributed by atoms with E-state index < -0.39 is 0 Å². The maximum Gasteiger partial charge on any atom is 0.328 e. The van der Waals surface area contributed by atoms with Gasteiger partial charge >= 0.3 is 6.01 Å². The van der Waals surface area contributed by atoms with Gasteiger partial charge in [-0.25, -0.2) is 0 Å². The average Bonchev–Trinajstić information content (AvgIpc) is 2.97. The molecule has 6 heteroatoms. The van der Waals surface area contributed by atoms with Gasteiger partial charge in [-0.15, -0.1) is 0 Å². The fourth-order valence-electron chi connectivity index (χ4n) is 1.80.